The fourth-order valence-corrected chi connectivity index (χ4v) is 5.27. The highest BCUT2D eigenvalue weighted by Crippen LogP contribution is 2.25. The summed E-state index contributed by atoms with van der Waals surface area (Å²) in [4.78, 5) is 30.4. The van der Waals surface area contributed by atoms with E-state index in [0.29, 0.717) is 15.1 Å². The summed E-state index contributed by atoms with van der Waals surface area (Å²) in [5, 5.41) is 0.614. The van der Waals surface area contributed by atoms with Gasteiger partial charge in [-0.05, 0) is 36.4 Å². The van der Waals surface area contributed by atoms with E-state index in [9.17, 15) is 18.0 Å². The van der Waals surface area contributed by atoms with Crippen molar-refractivity contribution in [1.82, 2.24) is 13.5 Å². The molecule has 0 fully saturated rings. The Morgan fingerprint density at radius 3 is 2.33 bits per heavy atom. The van der Waals surface area contributed by atoms with Gasteiger partial charge in [0.25, 0.3) is 15.9 Å². The van der Waals surface area contributed by atoms with Crippen molar-refractivity contribution in [3.05, 3.63) is 102 Å². The Labute approximate surface area is 188 Å². The first kappa shape index (κ1) is 20.7. The van der Waals surface area contributed by atoms with Gasteiger partial charge in [-0.1, -0.05) is 48.5 Å². The lowest BCUT2D eigenvalue weighted by Crippen LogP contribution is -2.34. The third-order valence-corrected chi connectivity index (χ3v) is 6.89. The maximum absolute atomic E-state index is 13.7. The van der Waals surface area contributed by atoms with Crippen molar-refractivity contribution >= 4 is 37.9 Å². The first-order valence-corrected chi connectivity index (χ1v) is 11.5. The van der Waals surface area contributed by atoms with Crippen LogP contribution in [0, 0.1) is 0 Å². The van der Waals surface area contributed by atoms with Gasteiger partial charge >= 0.3 is 5.69 Å². The van der Waals surface area contributed by atoms with E-state index in [1.54, 1.807) is 66.7 Å². The predicted molar refractivity (Wildman–Crippen MR) is 123 cm³/mol. The van der Waals surface area contributed by atoms with Gasteiger partial charge in [0.1, 0.15) is 10.6 Å². The van der Waals surface area contributed by atoms with Crippen molar-refractivity contribution in [2.24, 2.45) is 0 Å². The standard InChI is InChI=1S/C24H17N3O5S/c28-22(16-32-18-10-2-1-3-11-18)26-19-12-4-5-13-20(19)27(24(26)29)33(30,31)21-14-6-8-17-9-7-15-25-23(17)21/h1-15H,16H2. The summed E-state index contributed by atoms with van der Waals surface area (Å²) >= 11 is 0. The molecular formula is C24H17N3O5S. The maximum atomic E-state index is 13.7. The molecular weight excluding hydrogens is 442 g/mol. The largest absolute Gasteiger partial charge is 0.484 e. The molecule has 5 aromatic rings. The minimum atomic E-state index is -4.37. The molecule has 0 aliphatic rings. The molecule has 0 saturated carbocycles. The highest BCUT2D eigenvalue weighted by atomic mass is 32.2. The van der Waals surface area contributed by atoms with Gasteiger partial charge < -0.3 is 4.74 Å². The summed E-state index contributed by atoms with van der Waals surface area (Å²) in [5.41, 5.74) is -0.502. The van der Waals surface area contributed by atoms with Crippen LogP contribution in [0.4, 0.5) is 0 Å². The normalized spacial score (nSPS) is 11.6. The summed E-state index contributed by atoms with van der Waals surface area (Å²) < 4.78 is 34.3. The summed E-state index contributed by atoms with van der Waals surface area (Å²) in [6.07, 6.45) is 1.48. The van der Waals surface area contributed by atoms with Crippen LogP contribution in [-0.4, -0.2) is 34.5 Å². The number of imidazole rings is 1. The van der Waals surface area contributed by atoms with Crippen LogP contribution in [0.2, 0.25) is 0 Å². The minimum Gasteiger partial charge on any atom is -0.484 e. The molecule has 2 aromatic heterocycles. The highest BCUT2D eigenvalue weighted by Gasteiger charge is 2.29. The van der Waals surface area contributed by atoms with Crippen LogP contribution < -0.4 is 10.4 Å². The van der Waals surface area contributed by atoms with Gasteiger partial charge in [0.2, 0.25) is 0 Å². The average molecular weight is 459 g/mol. The van der Waals surface area contributed by atoms with Crippen LogP contribution in [0.15, 0.2) is 101 Å². The lowest BCUT2D eigenvalue weighted by atomic mass is 10.2. The van der Waals surface area contributed by atoms with E-state index < -0.39 is 28.2 Å². The van der Waals surface area contributed by atoms with Gasteiger partial charge in [-0.2, -0.15) is 3.97 Å². The number of pyridine rings is 1. The monoisotopic (exact) mass is 459 g/mol. The maximum Gasteiger partial charge on any atom is 0.350 e. The van der Waals surface area contributed by atoms with Gasteiger partial charge in [-0.25, -0.2) is 17.8 Å². The summed E-state index contributed by atoms with van der Waals surface area (Å²) in [6.45, 7) is -0.437. The zero-order valence-corrected chi connectivity index (χ0v) is 18.0. The first-order valence-electron chi connectivity index (χ1n) is 10.0. The quantitative estimate of drug-likeness (QED) is 0.400. The Kier molecular flexibility index (Phi) is 5.02. The molecule has 164 valence electrons. The van der Waals surface area contributed by atoms with Crippen molar-refractivity contribution in [2.45, 2.75) is 4.90 Å². The topological polar surface area (TPSA) is 100 Å². The second-order valence-corrected chi connectivity index (χ2v) is 8.96. The van der Waals surface area contributed by atoms with Crippen molar-refractivity contribution in [3.63, 3.8) is 0 Å². The molecule has 2 heterocycles. The third kappa shape index (κ3) is 3.48. The second-order valence-electron chi connectivity index (χ2n) is 7.20. The molecule has 9 heteroatoms. The summed E-state index contributed by atoms with van der Waals surface area (Å²) in [5.74, 6) is -0.234. The fourth-order valence-electron chi connectivity index (χ4n) is 3.70. The molecule has 0 unspecified atom stereocenters. The predicted octanol–water partition coefficient (Wildman–Crippen LogP) is 3.31. The Morgan fingerprint density at radius 2 is 1.55 bits per heavy atom. The van der Waals surface area contributed by atoms with Gasteiger partial charge in [0.15, 0.2) is 6.61 Å². The molecule has 0 saturated heterocycles. The molecule has 0 amide bonds. The van der Waals surface area contributed by atoms with E-state index in [4.69, 9.17) is 4.74 Å². The molecule has 8 nitrogen and oxygen atoms in total. The number of fused-ring (bicyclic) bond motifs is 2. The number of ether oxygens (including phenoxy) is 1. The van der Waals surface area contributed by atoms with E-state index in [0.717, 1.165) is 4.57 Å². The lowest BCUT2D eigenvalue weighted by Gasteiger charge is -2.08. The molecule has 0 bridgehead atoms. The molecule has 0 aliphatic heterocycles. The van der Waals surface area contributed by atoms with E-state index in [-0.39, 0.29) is 21.4 Å². The van der Waals surface area contributed by atoms with Gasteiger partial charge in [0.05, 0.1) is 16.6 Å². The number of para-hydroxylation sites is 4. The number of carbonyl (C=O) groups excluding carboxylic acids is 1. The summed E-state index contributed by atoms with van der Waals surface area (Å²) in [7, 11) is -4.37. The Morgan fingerprint density at radius 1 is 0.848 bits per heavy atom. The van der Waals surface area contributed by atoms with E-state index in [1.165, 1.54) is 24.4 Å². The second kappa shape index (κ2) is 8.03. The van der Waals surface area contributed by atoms with Crippen LogP contribution in [-0.2, 0) is 10.0 Å². The SMILES string of the molecule is O=C(COc1ccccc1)n1c(=O)n(S(=O)(=O)c2cccc3cccnc23)c2ccccc21. The smallest absolute Gasteiger partial charge is 0.350 e. The molecule has 0 radical (unpaired) electrons. The molecule has 0 N–H and O–H groups in total. The van der Waals surface area contributed by atoms with E-state index in [1.807, 2.05) is 0 Å². The number of rotatable bonds is 5. The number of benzene rings is 3. The lowest BCUT2D eigenvalue weighted by molar-refractivity contribution is 0.0838. The third-order valence-electron chi connectivity index (χ3n) is 5.18. The fraction of sp³-hybridized carbons (Fsp3) is 0.0417. The van der Waals surface area contributed by atoms with Crippen LogP contribution in [0.5, 0.6) is 5.75 Å². The molecule has 0 spiro atoms. The molecule has 33 heavy (non-hydrogen) atoms. The Hall–Kier alpha value is -4.24. The number of carbonyl (C=O) groups is 1. The van der Waals surface area contributed by atoms with Crippen LogP contribution in [0.1, 0.15) is 4.79 Å². The highest BCUT2D eigenvalue weighted by molar-refractivity contribution is 7.90. The molecule has 5 rings (SSSR count). The van der Waals surface area contributed by atoms with Crippen LogP contribution in [0.3, 0.4) is 0 Å². The first-order chi connectivity index (χ1) is 16.0. The van der Waals surface area contributed by atoms with Crippen molar-refractivity contribution in [3.8, 4) is 5.75 Å². The number of aromatic nitrogens is 3. The number of hydrogen-bond acceptors (Lipinski definition) is 6. The molecule has 0 atom stereocenters. The molecule has 0 aliphatic carbocycles. The minimum absolute atomic E-state index is 0.0866. The Balaban J connectivity index is 1.66. The average Bonchev–Trinajstić information content (AvgIpc) is 3.15. The molecule has 3 aromatic carbocycles. The van der Waals surface area contributed by atoms with E-state index >= 15 is 0 Å². The Bertz CT molecular complexity index is 1670. The summed E-state index contributed by atoms with van der Waals surface area (Å²) in [6, 6.07) is 23.0. The van der Waals surface area contributed by atoms with Gasteiger partial charge in [-0.15, -0.1) is 0 Å². The number of hydrogen-bond donors (Lipinski definition) is 0. The zero-order chi connectivity index (χ0) is 23.0. The van der Waals surface area contributed by atoms with Crippen LogP contribution >= 0.6 is 0 Å². The van der Waals surface area contributed by atoms with Gasteiger partial charge in [-0.3, -0.25) is 9.78 Å². The van der Waals surface area contributed by atoms with E-state index in [2.05, 4.69) is 4.98 Å². The number of nitrogens with zero attached hydrogens (tertiary/aromatic N) is 3. The van der Waals surface area contributed by atoms with Crippen LogP contribution in [0.25, 0.3) is 21.9 Å². The van der Waals surface area contributed by atoms with Crippen molar-refractivity contribution in [2.75, 3.05) is 6.61 Å². The van der Waals surface area contributed by atoms with Crippen molar-refractivity contribution in [1.29, 1.82) is 0 Å². The van der Waals surface area contributed by atoms with Crippen molar-refractivity contribution < 1.29 is 17.9 Å². The van der Waals surface area contributed by atoms with Gasteiger partial charge in [0, 0.05) is 11.6 Å². The zero-order valence-electron chi connectivity index (χ0n) is 17.2.